The Morgan fingerprint density at radius 1 is 0.781 bits per heavy atom. The van der Waals surface area contributed by atoms with Crippen molar-refractivity contribution in [3.63, 3.8) is 0 Å². The molecule has 0 fully saturated rings. The minimum absolute atomic E-state index is 0.0165. The van der Waals surface area contributed by atoms with Gasteiger partial charge in [0.15, 0.2) is 0 Å². The van der Waals surface area contributed by atoms with Crippen LogP contribution in [0.5, 0.6) is 5.75 Å². The van der Waals surface area contributed by atoms with E-state index in [1.807, 2.05) is 54.6 Å². The minimum atomic E-state index is -0.0165. The van der Waals surface area contributed by atoms with Gasteiger partial charge in [0.05, 0.1) is 6.42 Å². The molecule has 0 aromatic heterocycles. The molecule has 0 bridgehead atoms. The van der Waals surface area contributed by atoms with Crippen LogP contribution in [-0.2, 0) is 17.6 Å². The van der Waals surface area contributed by atoms with Gasteiger partial charge >= 0.3 is 0 Å². The summed E-state index contributed by atoms with van der Waals surface area (Å²) >= 11 is 0. The smallest absolute Gasteiger partial charge is 0.228 e. The third kappa shape index (κ3) is 4.15. The van der Waals surface area contributed by atoms with Gasteiger partial charge in [-0.05, 0) is 64.4 Å². The Kier molecular flexibility index (Phi) is 5.47. The number of anilines is 1. The summed E-state index contributed by atoms with van der Waals surface area (Å²) in [5.41, 5.74) is 6.99. The number of hydrogen-bond acceptors (Lipinski definition) is 2. The van der Waals surface area contributed by atoms with Crippen LogP contribution in [0.3, 0.4) is 0 Å². The molecule has 0 aliphatic heterocycles. The summed E-state index contributed by atoms with van der Waals surface area (Å²) in [5.74, 6) is 0.824. The summed E-state index contributed by atoms with van der Waals surface area (Å²) in [6.07, 6.45) is 1.34. The van der Waals surface area contributed by atoms with Crippen molar-refractivity contribution in [3.05, 3.63) is 131 Å². The van der Waals surface area contributed by atoms with Crippen molar-refractivity contribution >= 4 is 11.6 Å². The van der Waals surface area contributed by atoms with Crippen molar-refractivity contribution in [1.82, 2.24) is 0 Å². The second-order valence-corrected chi connectivity index (χ2v) is 8.41. The Morgan fingerprint density at radius 3 is 2.19 bits per heavy atom. The molecule has 3 nitrogen and oxygen atoms in total. The van der Waals surface area contributed by atoms with E-state index in [1.54, 1.807) is 12.1 Å². The van der Waals surface area contributed by atoms with Gasteiger partial charge in [0.2, 0.25) is 5.91 Å². The van der Waals surface area contributed by atoms with Gasteiger partial charge in [0, 0.05) is 11.6 Å². The summed E-state index contributed by atoms with van der Waals surface area (Å²) in [4.78, 5) is 12.4. The highest BCUT2D eigenvalue weighted by molar-refractivity contribution is 5.92. The van der Waals surface area contributed by atoms with Crippen molar-refractivity contribution in [3.8, 4) is 5.75 Å². The van der Waals surface area contributed by atoms with E-state index >= 15 is 0 Å². The molecule has 4 aromatic rings. The molecule has 4 aromatic carbocycles. The van der Waals surface area contributed by atoms with Gasteiger partial charge in [0.25, 0.3) is 0 Å². The average Bonchev–Trinajstić information content (AvgIpc) is 3.20. The van der Waals surface area contributed by atoms with Crippen LogP contribution in [0.4, 0.5) is 5.69 Å². The lowest BCUT2D eigenvalue weighted by Crippen LogP contribution is -2.14. The van der Waals surface area contributed by atoms with Crippen molar-refractivity contribution in [1.29, 1.82) is 0 Å². The van der Waals surface area contributed by atoms with Crippen molar-refractivity contribution in [2.45, 2.75) is 24.7 Å². The molecule has 32 heavy (non-hydrogen) atoms. The number of aromatic hydroxyl groups is 1. The maximum absolute atomic E-state index is 12.4. The van der Waals surface area contributed by atoms with Crippen molar-refractivity contribution < 1.29 is 9.90 Å². The summed E-state index contributed by atoms with van der Waals surface area (Å²) in [5, 5.41) is 12.7. The van der Waals surface area contributed by atoms with Crippen LogP contribution in [-0.4, -0.2) is 11.0 Å². The summed E-state index contributed by atoms with van der Waals surface area (Å²) in [6.45, 7) is 0. The molecule has 2 unspecified atom stereocenters. The fourth-order valence-corrected chi connectivity index (χ4v) is 4.80. The number of carbonyl (C=O) groups excluding carboxylic acids is 1. The average molecular weight is 420 g/mol. The zero-order valence-corrected chi connectivity index (χ0v) is 17.7. The molecule has 2 atom stereocenters. The Hall–Kier alpha value is -3.85. The Labute approximate surface area is 188 Å². The number of hydrogen-bond donors (Lipinski definition) is 2. The van der Waals surface area contributed by atoms with Crippen LogP contribution in [0.2, 0.25) is 0 Å². The van der Waals surface area contributed by atoms with Crippen LogP contribution in [0.25, 0.3) is 0 Å². The van der Waals surface area contributed by atoms with E-state index in [-0.39, 0.29) is 17.6 Å². The maximum atomic E-state index is 12.4. The first-order valence-corrected chi connectivity index (χ1v) is 11.0. The fraction of sp³-hybridized carbons (Fsp3) is 0.138. The van der Waals surface area contributed by atoms with Gasteiger partial charge in [-0.25, -0.2) is 0 Å². The molecule has 1 amide bonds. The van der Waals surface area contributed by atoms with Gasteiger partial charge in [-0.3, -0.25) is 4.79 Å². The number of phenolic OH excluding ortho intramolecular Hbond substituents is 1. The van der Waals surface area contributed by atoms with E-state index in [1.165, 1.54) is 22.3 Å². The van der Waals surface area contributed by atoms with E-state index in [0.717, 1.165) is 17.7 Å². The number of fused-ring (bicyclic) bond motifs is 1. The molecule has 0 spiro atoms. The minimum Gasteiger partial charge on any atom is -0.508 e. The monoisotopic (exact) mass is 419 g/mol. The van der Waals surface area contributed by atoms with Crippen LogP contribution in [0.1, 0.15) is 39.7 Å². The first kappa shape index (κ1) is 20.1. The van der Waals surface area contributed by atoms with Crippen molar-refractivity contribution in [2.75, 3.05) is 5.32 Å². The van der Waals surface area contributed by atoms with Crippen LogP contribution < -0.4 is 5.32 Å². The largest absolute Gasteiger partial charge is 0.508 e. The summed E-state index contributed by atoms with van der Waals surface area (Å²) in [6, 6.07) is 34.2. The van der Waals surface area contributed by atoms with Gasteiger partial charge < -0.3 is 10.4 Å². The number of amides is 1. The second kappa shape index (κ2) is 8.72. The predicted octanol–water partition coefficient (Wildman–Crippen LogP) is 6.05. The standard InChI is InChI=1S/C29H25NO2/c31-25-16-12-21(13-17-25)27-19-23-8-4-5-9-26(23)29(27)22-10-14-24(15-11-22)30-28(32)18-20-6-2-1-3-7-20/h1-17,27,29,31H,18-19H2,(H,30,32). The van der Waals surface area contributed by atoms with E-state index in [9.17, 15) is 9.90 Å². The number of rotatable bonds is 5. The maximum Gasteiger partial charge on any atom is 0.228 e. The Bertz CT molecular complexity index is 1210. The molecule has 2 N–H and O–H groups in total. The van der Waals surface area contributed by atoms with Gasteiger partial charge in [0.1, 0.15) is 5.75 Å². The predicted molar refractivity (Wildman–Crippen MR) is 128 cm³/mol. The zero-order valence-electron chi connectivity index (χ0n) is 17.7. The zero-order chi connectivity index (χ0) is 21.9. The quantitative estimate of drug-likeness (QED) is 0.414. The third-order valence-electron chi connectivity index (χ3n) is 6.31. The van der Waals surface area contributed by atoms with Crippen LogP contribution in [0, 0.1) is 0 Å². The first-order valence-electron chi connectivity index (χ1n) is 11.0. The third-order valence-corrected chi connectivity index (χ3v) is 6.31. The van der Waals surface area contributed by atoms with E-state index in [4.69, 9.17) is 0 Å². The molecular formula is C29H25NO2. The van der Waals surface area contributed by atoms with Crippen molar-refractivity contribution in [2.24, 2.45) is 0 Å². The molecule has 1 aliphatic carbocycles. The normalized spacial score (nSPS) is 17.0. The molecule has 5 rings (SSSR count). The molecule has 0 saturated heterocycles. The molecule has 1 aliphatic rings. The van der Waals surface area contributed by atoms with Gasteiger partial charge in [-0.1, -0.05) is 78.9 Å². The number of benzene rings is 4. The van der Waals surface area contributed by atoms with E-state index in [2.05, 4.69) is 41.7 Å². The number of phenols is 1. The molecule has 0 heterocycles. The number of carbonyl (C=O) groups is 1. The molecule has 3 heteroatoms. The molecular weight excluding hydrogens is 394 g/mol. The lowest BCUT2D eigenvalue weighted by molar-refractivity contribution is -0.115. The topological polar surface area (TPSA) is 49.3 Å². The number of nitrogens with one attached hydrogen (secondary N) is 1. The summed E-state index contributed by atoms with van der Waals surface area (Å²) in [7, 11) is 0. The lowest BCUT2D eigenvalue weighted by Gasteiger charge is -2.22. The highest BCUT2D eigenvalue weighted by Crippen LogP contribution is 2.48. The van der Waals surface area contributed by atoms with Crippen LogP contribution in [0.15, 0.2) is 103 Å². The van der Waals surface area contributed by atoms with Gasteiger partial charge in [-0.2, -0.15) is 0 Å². The van der Waals surface area contributed by atoms with Crippen LogP contribution >= 0.6 is 0 Å². The fourth-order valence-electron chi connectivity index (χ4n) is 4.80. The highest BCUT2D eigenvalue weighted by atomic mass is 16.3. The Balaban J connectivity index is 1.38. The van der Waals surface area contributed by atoms with Gasteiger partial charge in [-0.15, -0.1) is 0 Å². The SMILES string of the molecule is O=C(Cc1ccccc1)Nc1ccc(C2c3ccccc3CC2c2ccc(O)cc2)cc1. The molecule has 0 radical (unpaired) electrons. The molecule has 158 valence electrons. The Morgan fingerprint density at radius 2 is 1.44 bits per heavy atom. The summed E-state index contributed by atoms with van der Waals surface area (Å²) < 4.78 is 0. The lowest BCUT2D eigenvalue weighted by atomic mass is 9.82. The molecule has 0 saturated carbocycles. The van der Waals surface area contributed by atoms with E-state index < -0.39 is 0 Å². The highest BCUT2D eigenvalue weighted by Gasteiger charge is 2.34. The second-order valence-electron chi connectivity index (χ2n) is 8.41. The van der Waals surface area contributed by atoms with E-state index in [0.29, 0.717) is 12.3 Å². The first-order chi connectivity index (χ1) is 15.7.